The van der Waals surface area contributed by atoms with Crippen molar-refractivity contribution in [3.8, 4) is 5.75 Å². The van der Waals surface area contributed by atoms with Gasteiger partial charge >= 0.3 is 0 Å². The van der Waals surface area contributed by atoms with Crippen LogP contribution in [0.1, 0.15) is 45.1 Å². The Morgan fingerprint density at radius 2 is 1.83 bits per heavy atom. The fourth-order valence-electron chi connectivity index (χ4n) is 4.77. The molecule has 0 radical (unpaired) electrons. The minimum absolute atomic E-state index is 0.0192. The SMILES string of the molecule is COc1ccc(C)cc1NC(=O)CN1CCC2(CC1)CCC(C)(C)N(S(C)(=O)=O)C2. The average Bonchev–Trinajstić information content (AvgIpc) is 2.65. The van der Waals surface area contributed by atoms with Gasteiger partial charge in [0, 0.05) is 12.1 Å². The summed E-state index contributed by atoms with van der Waals surface area (Å²) < 4.78 is 31.7. The van der Waals surface area contributed by atoms with Crippen molar-refractivity contribution in [2.24, 2.45) is 5.41 Å². The largest absolute Gasteiger partial charge is 0.495 e. The zero-order chi connectivity index (χ0) is 22.2. The van der Waals surface area contributed by atoms with E-state index in [1.807, 2.05) is 39.0 Å². The summed E-state index contributed by atoms with van der Waals surface area (Å²) in [4.78, 5) is 14.8. The second-order valence-electron chi connectivity index (χ2n) is 9.61. The van der Waals surface area contributed by atoms with Gasteiger partial charge in [0.2, 0.25) is 15.9 Å². The van der Waals surface area contributed by atoms with Crippen LogP contribution >= 0.6 is 0 Å². The predicted octanol–water partition coefficient (Wildman–Crippen LogP) is 2.86. The van der Waals surface area contributed by atoms with Gasteiger partial charge in [-0.3, -0.25) is 9.69 Å². The Morgan fingerprint density at radius 3 is 2.43 bits per heavy atom. The lowest BCUT2D eigenvalue weighted by atomic mass is 9.69. The third-order valence-corrected chi connectivity index (χ3v) is 8.16. The van der Waals surface area contributed by atoms with Crippen LogP contribution in [0.5, 0.6) is 5.75 Å². The lowest BCUT2D eigenvalue weighted by Crippen LogP contribution is -2.58. The Balaban J connectivity index is 1.58. The van der Waals surface area contributed by atoms with Crippen molar-refractivity contribution >= 4 is 21.6 Å². The highest BCUT2D eigenvalue weighted by molar-refractivity contribution is 7.88. The number of hydrogen-bond donors (Lipinski definition) is 1. The van der Waals surface area contributed by atoms with Gasteiger partial charge in [-0.25, -0.2) is 8.42 Å². The molecule has 3 rings (SSSR count). The standard InChI is InChI=1S/C22H35N3O4S/c1-17-6-7-19(29-4)18(14-17)23-20(26)15-24-12-10-22(11-13-24)9-8-21(2,3)25(16-22)30(5,27)28/h6-7,14H,8-13,15-16H2,1-5H3,(H,23,26). The number of methoxy groups -OCH3 is 1. The Hall–Kier alpha value is -1.64. The number of benzene rings is 1. The molecule has 1 N–H and O–H groups in total. The molecule has 168 valence electrons. The van der Waals surface area contributed by atoms with Crippen LogP contribution in [0.3, 0.4) is 0 Å². The summed E-state index contributed by atoms with van der Waals surface area (Å²) in [6.07, 6.45) is 5.04. The van der Waals surface area contributed by atoms with E-state index in [0.29, 0.717) is 24.5 Å². The van der Waals surface area contributed by atoms with Crippen molar-refractivity contribution in [1.82, 2.24) is 9.21 Å². The number of ether oxygens (including phenoxy) is 1. The van der Waals surface area contributed by atoms with Crippen LogP contribution in [-0.4, -0.2) is 68.6 Å². The number of nitrogens with zero attached hydrogens (tertiary/aromatic N) is 2. The van der Waals surface area contributed by atoms with Crippen molar-refractivity contribution < 1.29 is 17.9 Å². The van der Waals surface area contributed by atoms with E-state index in [1.165, 1.54) is 6.26 Å². The van der Waals surface area contributed by atoms with Crippen molar-refractivity contribution in [2.75, 3.05) is 44.9 Å². The summed E-state index contributed by atoms with van der Waals surface area (Å²) in [6, 6.07) is 5.71. The molecule has 8 heteroatoms. The smallest absolute Gasteiger partial charge is 0.238 e. The minimum Gasteiger partial charge on any atom is -0.495 e. The highest BCUT2D eigenvalue weighted by Crippen LogP contribution is 2.45. The second kappa shape index (κ2) is 8.48. The molecular formula is C22H35N3O4S. The van der Waals surface area contributed by atoms with Gasteiger partial charge in [-0.15, -0.1) is 0 Å². The zero-order valence-electron chi connectivity index (χ0n) is 18.8. The highest BCUT2D eigenvalue weighted by atomic mass is 32.2. The van der Waals surface area contributed by atoms with E-state index < -0.39 is 10.0 Å². The molecule has 0 bridgehead atoms. The molecule has 0 aromatic heterocycles. The molecule has 2 fully saturated rings. The van der Waals surface area contributed by atoms with E-state index in [-0.39, 0.29) is 16.9 Å². The van der Waals surface area contributed by atoms with Crippen LogP contribution in [0.25, 0.3) is 0 Å². The van der Waals surface area contributed by atoms with Gasteiger partial charge in [0.1, 0.15) is 5.75 Å². The molecule has 0 unspecified atom stereocenters. The first-order chi connectivity index (χ1) is 13.9. The van der Waals surface area contributed by atoms with E-state index in [9.17, 15) is 13.2 Å². The fourth-order valence-corrected chi connectivity index (χ4v) is 6.26. The molecular weight excluding hydrogens is 402 g/mol. The fraction of sp³-hybridized carbons (Fsp3) is 0.682. The predicted molar refractivity (Wildman–Crippen MR) is 119 cm³/mol. The topological polar surface area (TPSA) is 79.0 Å². The lowest BCUT2D eigenvalue weighted by molar-refractivity contribution is -0.118. The number of likely N-dealkylation sites (tertiary alicyclic amines) is 1. The van der Waals surface area contributed by atoms with Crippen LogP contribution in [0.2, 0.25) is 0 Å². The molecule has 1 aromatic rings. The van der Waals surface area contributed by atoms with Gasteiger partial charge in [-0.1, -0.05) is 6.07 Å². The van der Waals surface area contributed by atoms with Crippen LogP contribution in [-0.2, 0) is 14.8 Å². The maximum atomic E-state index is 12.6. The molecule has 2 aliphatic heterocycles. The molecule has 1 amide bonds. The Labute approximate surface area is 180 Å². The molecule has 2 heterocycles. The van der Waals surface area contributed by atoms with Crippen LogP contribution in [0, 0.1) is 12.3 Å². The van der Waals surface area contributed by atoms with Gasteiger partial charge in [0.05, 0.1) is 25.6 Å². The van der Waals surface area contributed by atoms with Crippen molar-refractivity contribution in [2.45, 2.75) is 52.0 Å². The number of hydrogen-bond acceptors (Lipinski definition) is 5. The number of carbonyl (C=O) groups excluding carboxylic acids is 1. The van der Waals surface area contributed by atoms with Gasteiger partial charge in [0.15, 0.2) is 0 Å². The highest BCUT2D eigenvalue weighted by Gasteiger charge is 2.47. The quantitative estimate of drug-likeness (QED) is 0.766. The van der Waals surface area contributed by atoms with E-state index in [4.69, 9.17) is 4.74 Å². The van der Waals surface area contributed by atoms with Crippen molar-refractivity contribution in [3.05, 3.63) is 23.8 Å². The molecule has 7 nitrogen and oxygen atoms in total. The first-order valence-electron chi connectivity index (χ1n) is 10.6. The average molecular weight is 438 g/mol. The molecule has 2 aliphatic rings. The third-order valence-electron chi connectivity index (χ3n) is 6.73. The summed E-state index contributed by atoms with van der Waals surface area (Å²) in [7, 11) is -1.65. The van der Waals surface area contributed by atoms with Gasteiger partial charge < -0.3 is 10.1 Å². The lowest BCUT2D eigenvalue weighted by Gasteiger charge is -2.52. The molecule has 0 aliphatic carbocycles. The molecule has 1 spiro atoms. The Morgan fingerprint density at radius 1 is 1.17 bits per heavy atom. The first kappa shape index (κ1) is 23.0. The van der Waals surface area contributed by atoms with E-state index in [1.54, 1.807) is 11.4 Å². The van der Waals surface area contributed by atoms with Crippen molar-refractivity contribution in [3.63, 3.8) is 0 Å². The number of amides is 1. The van der Waals surface area contributed by atoms with Gasteiger partial charge in [-0.2, -0.15) is 4.31 Å². The van der Waals surface area contributed by atoms with Gasteiger partial charge in [-0.05, 0) is 82.7 Å². The molecule has 1 aromatic carbocycles. The van der Waals surface area contributed by atoms with Crippen LogP contribution in [0.4, 0.5) is 5.69 Å². The minimum atomic E-state index is -3.24. The summed E-state index contributed by atoms with van der Waals surface area (Å²) in [5.41, 5.74) is 1.43. The Kier molecular flexibility index (Phi) is 6.51. The number of anilines is 1. The molecule has 30 heavy (non-hydrogen) atoms. The monoisotopic (exact) mass is 437 g/mol. The first-order valence-corrected chi connectivity index (χ1v) is 12.4. The second-order valence-corrected chi connectivity index (χ2v) is 11.5. The Bertz CT molecular complexity index is 890. The summed E-state index contributed by atoms with van der Waals surface area (Å²) in [6.45, 7) is 8.52. The number of rotatable bonds is 5. The number of aryl methyl sites for hydroxylation is 1. The normalized spacial score (nSPS) is 22.0. The number of carbonyl (C=O) groups is 1. The summed E-state index contributed by atoms with van der Waals surface area (Å²) in [5, 5.41) is 2.97. The maximum absolute atomic E-state index is 12.6. The zero-order valence-corrected chi connectivity index (χ0v) is 19.6. The van der Waals surface area contributed by atoms with Crippen LogP contribution < -0.4 is 10.1 Å². The maximum Gasteiger partial charge on any atom is 0.238 e. The molecule has 0 atom stereocenters. The third kappa shape index (κ3) is 5.15. The van der Waals surface area contributed by atoms with E-state index in [2.05, 4.69) is 10.2 Å². The van der Waals surface area contributed by atoms with Gasteiger partial charge in [0.25, 0.3) is 0 Å². The molecule has 2 saturated heterocycles. The number of piperidine rings is 2. The number of sulfonamides is 1. The summed E-state index contributed by atoms with van der Waals surface area (Å²) >= 11 is 0. The van der Waals surface area contributed by atoms with Crippen molar-refractivity contribution in [1.29, 1.82) is 0 Å². The summed E-state index contributed by atoms with van der Waals surface area (Å²) in [5.74, 6) is 0.592. The number of nitrogens with one attached hydrogen (secondary N) is 1. The van der Waals surface area contributed by atoms with E-state index >= 15 is 0 Å². The van der Waals surface area contributed by atoms with Crippen LogP contribution in [0.15, 0.2) is 18.2 Å². The van der Waals surface area contributed by atoms with E-state index in [0.717, 1.165) is 44.3 Å². The molecule has 0 saturated carbocycles.